The highest BCUT2D eigenvalue weighted by Gasteiger charge is 2.40. The molecule has 3 aromatic carbocycles. The maximum Gasteiger partial charge on any atom is 0.282 e. The van der Waals surface area contributed by atoms with Gasteiger partial charge in [0.05, 0.1) is 18.4 Å². The molecule has 138 valence electrons. The number of imide groups is 1. The number of methoxy groups -OCH3 is 1. The Labute approximate surface area is 162 Å². The number of nitrogens with zero attached hydrogens (tertiary/aromatic N) is 1. The number of hydrogen-bond acceptors (Lipinski definition) is 4. The van der Waals surface area contributed by atoms with Crippen molar-refractivity contribution in [3.63, 3.8) is 0 Å². The molecule has 0 fully saturated rings. The Bertz CT molecular complexity index is 1060. The first-order valence-corrected chi connectivity index (χ1v) is 8.83. The van der Waals surface area contributed by atoms with Crippen molar-refractivity contribution >= 4 is 28.8 Å². The maximum atomic E-state index is 13.2. The molecule has 0 unspecified atom stereocenters. The Morgan fingerprint density at radius 3 is 2.14 bits per heavy atom. The SMILES string of the molecule is COc1cccc(NC2=C(c3ccccc3)C(=O)N(c3ccccc3)C2=O)c1. The highest BCUT2D eigenvalue weighted by Crippen LogP contribution is 2.33. The third-order valence-electron chi connectivity index (χ3n) is 4.50. The van der Waals surface area contributed by atoms with Gasteiger partial charge in [0.2, 0.25) is 0 Å². The van der Waals surface area contributed by atoms with E-state index >= 15 is 0 Å². The van der Waals surface area contributed by atoms with E-state index in [1.807, 2.05) is 54.6 Å². The minimum atomic E-state index is -0.391. The summed E-state index contributed by atoms with van der Waals surface area (Å²) in [5.41, 5.74) is 2.47. The van der Waals surface area contributed by atoms with E-state index in [-0.39, 0.29) is 11.6 Å². The number of nitrogens with one attached hydrogen (secondary N) is 1. The molecule has 5 nitrogen and oxygen atoms in total. The topological polar surface area (TPSA) is 58.6 Å². The smallest absolute Gasteiger partial charge is 0.282 e. The van der Waals surface area contributed by atoms with Crippen LogP contribution in [0.3, 0.4) is 0 Å². The molecule has 1 heterocycles. The standard InChI is InChI=1S/C23H18N2O3/c1-28-19-14-8-11-17(15-19)24-21-20(16-9-4-2-5-10-16)22(26)25(23(21)27)18-12-6-3-7-13-18/h2-15,24H,1H3. The Morgan fingerprint density at radius 1 is 0.786 bits per heavy atom. The van der Waals surface area contributed by atoms with E-state index < -0.39 is 5.91 Å². The molecule has 0 aromatic heterocycles. The predicted molar refractivity (Wildman–Crippen MR) is 109 cm³/mol. The molecule has 3 aromatic rings. The average Bonchev–Trinajstić information content (AvgIpc) is 2.99. The number of anilines is 2. The van der Waals surface area contributed by atoms with Gasteiger partial charge in [0.15, 0.2) is 0 Å². The normalized spacial score (nSPS) is 13.8. The summed E-state index contributed by atoms with van der Waals surface area (Å²) >= 11 is 0. The fourth-order valence-electron chi connectivity index (χ4n) is 3.18. The largest absolute Gasteiger partial charge is 0.497 e. The van der Waals surface area contributed by atoms with Gasteiger partial charge in [0.25, 0.3) is 11.8 Å². The molecular formula is C23H18N2O3. The number of carbonyl (C=O) groups is 2. The monoisotopic (exact) mass is 370 g/mol. The van der Waals surface area contributed by atoms with Crippen LogP contribution in [0.2, 0.25) is 0 Å². The van der Waals surface area contributed by atoms with E-state index in [1.54, 1.807) is 37.4 Å². The number of ether oxygens (including phenoxy) is 1. The van der Waals surface area contributed by atoms with Crippen LogP contribution in [0.25, 0.3) is 5.57 Å². The van der Waals surface area contributed by atoms with Crippen molar-refractivity contribution in [1.29, 1.82) is 0 Å². The van der Waals surface area contributed by atoms with Crippen LogP contribution in [0.5, 0.6) is 5.75 Å². The number of amides is 2. The van der Waals surface area contributed by atoms with E-state index in [1.165, 1.54) is 4.90 Å². The van der Waals surface area contributed by atoms with Crippen LogP contribution in [0.1, 0.15) is 5.56 Å². The molecule has 0 saturated carbocycles. The minimum Gasteiger partial charge on any atom is -0.497 e. The van der Waals surface area contributed by atoms with Gasteiger partial charge < -0.3 is 10.1 Å². The second-order valence-corrected chi connectivity index (χ2v) is 6.25. The second-order valence-electron chi connectivity index (χ2n) is 6.25. The molecule has 2 amide bonds. The van der Waals surface area contributed by atoms with Crippen molar-refractivity contribution in [3.8, 4) is 5.75 Å². The number of rotatable bonds is 5. The summed E-state index contributed by atoms with van der Waals surface area (Å²) in [6.45, 7) is 0. The van der Waals surface area contributed by atoms with Gasteiger partial charge in [-0.1, -0.05) is 54.6 Å². The zero-order valence-corrected chi connectivity index (χ0v) is 15.3. The van der Waals surface area contributed by atoms with Gasteiger partial charge in [0.1, 0.15) is 11.4 Å². The zero-order chi connectivity index (χ0) is 19.5. The number of hydrogen-bond donors (Lipinski definition) is 1. The lowest BCUT2D eigenvalue weighted by Gasteiger charge is -2.15. The summed E-state index contributed by atoms with van der Waals surface area (Å²) in [4.78, 5) is 27.6. The summed E-state index contributed by atoms with van der Waals surface area (Å²) in [5, 5.41) is 3.13. The highest BCUT2D eigenvalue weighted by atomic mass is 16.5. The van der Waals surface area contributed by atoms with Crippen LogP contribution >= 0.6 is 0 Å². The van der Waals surface area contributed by atoms with E-state index in [2.05, 4.69) is 5.32 Å². The van der Waals surface area contributed by atoms with Crippen LogP contribution in [0, 0.1) is 0 Å². The van der Waals surface area contributed by atoms with Crippen LogP contribution in [0.4, 0.5) is 11.4 Å². The van der Waals surface area contributed by atoms with Gasteiger partial charge in [-0.05, 0) is 29.8 Å². The van der Waals surface area contributed by atoms with Crippen molar-refractivity contribution in [3.05, 3.63) is 96.2 Å². The fraction of sp³-hybridized carbons (Fsp3) is 0.0435. The molecule has 28 heavy (non-hydrogen) atoms. The quantitative estimate of drug-likeness (QED) is 0.687. The summed E-state index contributed by atoms with van der Waals surface area (Å²) < 4.78 is 5.25. The van der Waals surface area contributed by atoms with Gasteiger partial charge in [-0.15, -0.1) is 0 Å². The van der Waals surface area contributed by atoms with Crippen molar-refractivity contribution < 1.29 is 14.3 Å². The number of para-hydroxylation sites is 1. The van der Waals surface area contributed by atoms with Gasteiger partial charge in [-0.3, -0.25) is 9.59 Å². The second kappa shape index (κ2) is 7.40. The zero-order valence-electron chi connectivity index (χ0n) is 15.3. The summed E-state index contributed by atoms with van der Waals surface area (Å²) in [6, 6.07) is 25.4. The molecular weight excluding hydrogens is 352 g/mol. The van der Waals surface area contributed by atoms with Crippen molar-refractivity contribution in [1.82, 2.24) is 0 Å². The van der Waals surface area contributed by atoms with E-state index in [0.29, 0.717) is 28.3 Å². The molecule has 0 saturated heterocycles. The molecule has 0 bridgehead atoms. The molecule has 0 aliphatic carbocycles. The fourth-order valence-corrected chi connectivity index (χ4v) is 3.18. The predicted octanol–water partition coefficient (Wildman–Crippen LogP) is 4.09. The Hall–Kier alpha value is -3.86. The highest BCUT2D eigenvalue weighted by molar-refractivity contribution is 6.46. The molecule has 0 spiro atoms. The van der Waals surface area contributed by atoms with Crippen LogP contribution in [-0.4, -0.2) is 18.9 Å². The van der Waals surface area contributed by atoms with Gasteiger partial charge in [-0.2, -0.15) is 0 Å². The molecule has 4 rings (SSSR count). The van der Waals surface area contributed by atoms with Crippen molar-refractivity contribution in [2.75, 3.05) is 17.3 Å². The third kappa shape index (κ3) is 3.14. The van der Waals surface area contributed by atoms with Crippen LogP contribution in [0.15, 0.2) is 90.6 Å². The van der Waals surface area contributed by atoms with Crippen molar-refractivity contribution in [2.45, 2.75) is 0 Å². The molecule has 1 aliphatic heterocycles. The van der Waals surface area contributed by atoms with Crippen LogP contribution < -0.4 is 15.0 Å². The lowest BCUT2D eigenvalue weighted by molar-refractivity contribution is -0.120. The van der Waals surface area contributed by atoms with Gasteiger partial charge in [-0.25, -0.2) is 4.90 Å². The Kier molecular flexibility index (Phi) is 4.64. The molecule has 0 atom stereocenters. The molecule has 1 N–H and O–H groups in total. The molecule has 5 heteroatoms. The summed E-state index contributed by atoms with van der Waals surface area (Å²) in [7, 11) is 1.58. The first-order chi connectivity index (χ1) is 13.7. The summed E-state index contributed by atoms with van der Waals surface area (Å²) in [6.07, 6.45) is 0. The van der Waals surface area contributed by atoms with Gasteiger partial charge in [0, 0.05) is 11.8 Å². The maximum absolute atomic E-state index is 13.2. The number of carbonyl (C=O) groups excluding carboxylic acids is 2. The average molecular weight is 370 g/mol. The molecule has 0 radical (unpaired) electrons. The lowest BCUT2D eigenvalue weighted by Crippen LogP contribution is -2.32. The van der Waals surface area contributed by atoms with E-state index in [0.717, 1.165) is 0 Å². The Balaban J connectivity index is 1.81. The van der Waals surface area contributed by atoms with Crippen LogP contribution in [-0.2, 0) is 9.59 Å². The Morgan fingerprint density at radius 2 is 1.46 bits per heavy atom. The molecule has 1 aliphatic rings. The lowest BCUT2D eigenvalue weighted by atomic mass is 10.0. The number of benzene rings is 3. The van der Waals surface area contributed by atoms with Crippen molar-refractivity contribution in [2.24, 2.45) is 0 Å². The minimum absolute atomic E-state index is 0.244. The third-order valence-corrected chi connectivity index (χ3v) is 4.50. The first kappa shape index (κ1) is 17.5. The summed E-state index contributed by atoms with van der Waals surface area (Å²) in [5.74, 6) is -0.0887. The van der Waals surface area contributed by atoms with E-state index in [4.69, 9.17) is 4.74 Å². The van der Waals surface area contributed by atoms with Gasteiger partial charge >= 0.3 is 0 Å². The van der Waals surface area contributed by atoms with E-state index in [9.17, 15) is 9.59 Å². The first-order valence-electron chi connectivity index (χ1n) is 8.83.